The molecule has 0 spiro atoms. The molecule has 0 saturated carbocycles. The Hall–Kier alpha value is -1.92. The van der Waals surface area contributed by atoms with Gasteiger partial charge in [-0.3, -0.25) is 0 Å². The van der Waals surface area contributed by atoms with E-state index in [0.717, 1.165) is 11.3 Å². The summed E-state index contributed by atoms with van der Waals surface area (Å²) in [6, 6.07) is 7.68. The fourth-order valence-corrected chi connectivity index (χ4v) is 2.18. The first-order valence-electron chi connectivity index (χ1n) is 6.07. The van der Waals surface area contributed by atoms with E-state index < -0.39 is 5.79 Å². The molecule has 2 aromatic rings. The van der Waals surface area contributed by atoms with Crippen molar-refractivity contribution >= 4 is 0 Å². The number of benzene rings is 1. The van der Waals surface area contributed by atoms with Crippen LogP contribution in [-0.4, -0.2) is 35.1 Å². The molecular formula is C13H15N3O3. The van der Waals surface area contributed by atoms with Crippen molar-refractivity contribution in [3.8, 4) is 5.75 Å². The van der Waals surface area contributed by atoms with Gasteiger partial charge in [-0.05, 0) is 24.3 Å². The van der Waals surface area contributed by atoms with Gasteiger partial charge in [0.2, 0.25) is 5.79 Å². The molecule has 3 rings (SSSR count). The van der Waals surface area contributed by atoms with E-state index in [0.29, 0.717) is 19.8 Å². The summed E-state index contributed by atoms with van der Waals surface area (Å²) in [4.78, 5) is 3.94. The van der Waals surface area contributed by atoms with Crippen molar-refractivity contribution in [3.05, 3.63) is 42.5 Å². The highest BCUT2D eigenvalue weighted by atomic mass is 16.7. The summed E-state index contributed by atoms with van der Waals surface area (Å²) >= 11 is 0. The SMILES string of the molecule is COc1ccc(C2(Cn3cncn3)OCCO2)cc1. The quantitative estimate of drug-likeness (QED) is 0.827. The largest absolute Gasteiger partial charge is 0.497 e. The molecule has 1 saturated heterocycles. The third kappa shape index (κ3) is 2.32. The number of nitrogens with zero attached hydrogens (tertiary/aromatic N) is 3. The fourth-order valence-electron chi connectivity index (χ4n) is 2.18. The lowest BCUT2D eigenvalue weighted by molar-refractivity contribution is -0.177. The second-order valence-corrected chi connectivity index (χ2v) is 4.27. The number of rotatable bonds is 4. The maximum Gasteiger partial charge on any atom is 0.215 e. The molecule has 0 atom stereocenters. The van der Waals surface area contributed by atoms with Crippen molar-refractivity contribution in [2.24, 2.45) is 0 Å². The molecular weight excluding hydrogens is 246 g/mol. The van der Waals surface area contributed by atoms with E-state index in [-0.39, 0.29) is 0 Å². The first-order chi connectivity index (χ1) is 9.32. The molecule has 19 heavy (non-hydrogen) atoms. The minimum absolute atomic E-state index is 0.472. The van der Waals surface area contributed by atoms with Crippen LogP contribution in [0.15, 0.2) is 36.9 Å². The predicted molar refractivity (Wildman–Crippen MR) is 66.6 cm³/mol. The van der Waals surface area contributed by atoms with Gasteiger partial charge in [-0.2, -0.15) is 5.10 Å². The zero-order valence-electron chi connectivity index (χ0n) is 10.7. The molecule has 0 bridgehead atoms. The average molecular weight is 261 g/mol. The van der Waals surface area contributed by atoms with Crippen molar-refractivity contribution in [2.75, 3.05) is 20.3 Å². The van der Waals surface area contributed by atoms with Gasteiger partial charge < -0.3 is 14.2 Å². The minimum atomic E-state index is -0.792. The van der Waals surface area contributed by atoms with E-state index in [1.807, 2.05) is 24.3 Å². The van der Waals surface area contributed by atoms with Gasteiger partial charge in [0.15, 0.2) is 0 Å². The van der Waals surface area contributed by atoms with Gasteiger partial charge in [0.1, 0.15) is 24.9 Å². The Morgan fingerprint density at radius 2 is 2.00 bits per heavy atom. The lowest BCUT2D eigenvalue weighted by atomic mass is 10.1. The third-order valence-electron chi connectivity index (χ3n) is 3.12. The van der Waals surface area contributed by atoms with Gasteiger partial charge in [-0.1, -0.05) is 0 Å². The Morgan fingerprint density at radius 3 is 2.58 bits per heavy atom. The number of hydrogen-bond acceptors (Lipinski definition) is 5. The van der Waals surface area contributed by atoms with Gasteiger partial charge in [0, 0.05) is 5.56 Å². The molecule has 0 unspecified atom stereocenters. The zero-order valence-corrected chi connectivity index (χ0v) is 10.7. The van der Waals surface area contributed by atoms with Crippen LogP contribution in [-0.2, 0) is 21.8 Å². The lowest BCUT2D eigenvalue weighted by Gasteiger charge is -2.27. The minimum Gasteiger partial charge on any atom is -0.497 e. The van der Waals surface area contributed by atoms with E-state index in [2.05, 4.69) is 10.1 Å². The summed E-state index contributed by atoms with van der Waals surface area (Å²) in [5, 5.41) is 4.10. The lowest BCUT2D eigenvalue weighted by Crippen LogP contribution is -2.33. The van der Waals surface area contributed by atoms with Crippen LogP contribution in [0.1, 0.15) is 5.56 Å². The van der Waals surface area contributed by atoms with Crippen LogP contribution in [0.4, 0.5) is 0 Å². The molecule has 1 aliphatic heterocycles. The first kappa shape index (κ1) is 12.1. The van der Waals surface area contributed by atoms with Crippen LogP contribution in [0, 0.1) is 0 Å². The Bertz CT molecular complexity index is 519. The topological polar surface area (TPSA) is 58.4 Å². The molecule has 0 N–H and O–H groups in total. The van der Waals surface area contributed by atoms with Crippen molar-refractivity contribution in [1.29, 1.82) is 0 Å². The molecule has 1 aromatic carbocycles. The Balaban J connectivity index is 1.90. The fraction of sp³-hybridized carbons (Fsp3) is 0.385. The molecule has 0 aliphatic carbocycles. The molecule has 6 nitrogen and oxygen atoms in total. The summed E-state index contributed by atoms with van der Waals surface area (Å²) in [7, 11) is 1.64. The Kier molecular flexibility index (Phi) is 3.18. The van der Waals surface area contributed by atoms with Gasteiger partial charge in [0.05, 0.1) is 20.3 Å². The molecule has 0 radical (unpaired) electrons. The van der Waals surface area contributed by atoms with Gasteiger partial charge in [-0.25, -0.2) is 9.67 Å². The van der Waals surface area contributed by atoms with Gasteiger partial charge >= 0.3 is 0 Å². The third-order valence-corrected chi connectivity index (χ3v) is 3.12. The maximum atomic E-state index is 5.82. The van der Waals surface area contributed by atoms with Crippen LogP contribution in [0.5, 0.6) is 5.75 Å². The molecule has 1 aliphatic rings. The molecule has 1 fully saturated rings. The standard InChI is InChI=1S/C13H15N3O3/c1-17-12-4-2-11(3-5-12)13(18-6-7-19-13)8-16-10-14-9-15-16/h2-5,9-10H,6-8H2,1H3. The normalized spacial score (nSPS) is 17.5. The van der Waals surface area contributed by atoms with Crippen LogP contribution in [0.2, 0.25) is 0 Å². The molecule has 1 aromatic heterocycles. The van der Waals surface area contributed by atoms with Crippen molar-refractivity contribution in [3.63, 3.8) is 0 Å². The van der Waals surface area contributed by atoms with E-state index in [4.69, 9.17) is 14.2 Å². The number of ether oxygens (including phenoxy) is 3. The maximum absolute atomic E-state index is 5.82. The van der Waals surface area contributed by atoms with E-state index in [1.165, 1.54) is 6.33 Å². The molecule has 2 heterocycles. The Labute approximate surface area is 110 Å². The number of hydrogen-bond donors (Lipinski definition) is 0. The van der Waals surface area contributed by atoms with Gasteiger partial charge in [-0.15, -0.1) is 0 Å². The highest BCUT2D eigenvalue weighted by molar-refractivity contribution is 5.30. The summed E-state index contributed by atoms with van der Waals surface area (Å²) in [6.07, 6.45) is 3.15. The van der Waals surface area contributed by atoms with Crippen molar-refractivity contribution in [1.82, 2.24) is 14.8 Å². The van der Waals surface area contributed by atoms with Crippen molar-refractivity contribution in [2.45, 2.75) is 12.3 Å². The molecule has 100 valence electrons. The summed E-state index contributed by atoms with van der Waals surface area (Å²) < 4.78 is 18.5. The second-order valence-electron chi connectivity index (χ2n) is 4.27. The number of aromatic nitrogens is 3. The molecule has 6 heteroatoms. The predicted octanol–water partition coefficient (Wildman–Crippen LogP) is 1.19. The molecule has 0 amide bonds. The first-order valence-corrected chi connectivity index (χ1v) is 6.07. The zero-order chi connectivity index (χ0) is 13.1. The van der Waals surface area contributed by atoms with E-state index in [1.54, 1.807) is 18.1 Å². The van der Waals surface area contributed by atoms with Crippen LogP contribution >= 0.6 is 0 Å². The van der Waals surface area contributed by atoms with Gasteiger partial charge in [0.25, 0.3) is 0 Å². The number of methoxy groups -OCH3 is 1. The summed E-state index contributed by atoms with van der Waals surface area (Å²) in [5.41, 5.74) is 0.946. The Morgan fingerprint density at radius 1 is 1.26 bits per heavy atom. The van der Waals surface area contributed by atoms with Crippen molar-refractivity contribution < 1.29 is 14.2 Å². The summed E-state index contributed by atoms with van der Waals surface area (Å²) in [6.45, 7) is 1.61. The van der Waals surface area contributed by atoms with E-state index in [9.17, 15) is 0 Å². The van der Waals surface area contributed by atoms with Crippen LogP contribution < -0.4 is 4.74 Å². The summed E-state index contributed by atoms with van der Waals surface area (Å²) in [5.74, 6) is 0.0117. The highest BCUT2D eigenvalue weighted by Crippen LogP contribution is 2.33. The second kappa shape index (κ2) is 4.99. The monoisotopic (exact) mass is 261 g/mol. The average Bonchev–Trinajstić information content (AvgIpc) is 3.12. The van der Waals surface area contributed by atoms with Crippen LogP contribution in [0.3, 0.4) is 0 Å². The van der Waals surface area contributed by atoms with Crippen LogP contribution in [0.25, 0.3) is 0 Å². The smallest absolute Gasteiger partial charge is 0.215 e. The van der Waals surface area contributed by atoms with E-state index >= 15 is 0 Å². The highest BCUT2D eigenvalue weighted by Gasteiger charge is 2.39.